The average Bonchev–Trinajstić information content (AvgIpc) is 3.01. The minimum absolute atomic E-state index is 0.425. The number of hydrogen-bond acceptors (Lipinski definition) is 2. The van der Waals surface area contributed by atoms with Gasteiger partial charge >= 0.3 is 0 Å². The number of aromatic amines is 1. The number of rotatable bonds is 1. The van der Waals surface area contributed by atoms with Gasteiger partial charge in [-0.05, 0) is 37.1 Å². The molecule has 0 spiro atoms. The van der Waals surface area contributed by atoms with Crippen molar-refractivity contribution in [3.63, 3.8) is 0 Å². The second kappa shape index (κ2) is 3.93. The maximum Gasteiger partial charge on any atom is 0.124 e. The molecule has 0 bridgehead atoms. The second-order valence-corrected chi connectivity index (χ2v) is 5.99. The number of H-pyrrole nitrogens is 1. The van der Waals surface area contributed by atoms with E-state index < -0.39 is 0 Å². The van der Waals surface area contributed by atoms with Crippen LogP contribution in [0.25, 0.3) is 11.3 Å². The van der Waals surface area contributed by atoms with Crippen LogP contribution in [0.5, 0.6) is 0 Å². The fourth-order valence-corrected chi connectivity index (χ4v) is 3.40. The van der Waals surface area contributed by atoms with Crippen molar-refractivity contribution in [3.05, 3.63) is 39.8 Å². The molecule has 1 aliphatic carbocycles. The Morgan fingerprint density at radius 1 is 1.33 bits per heavy atom. The molecule has 0 radical (unpaired) electrons. The SMILES string of the molecule is Brc1ccc2c(c1)Cc1[nH]c(C3CCCN3)nc1-2. The monoisotopic (exact) mass is 303 g/mol. The van der Waals surface area contributed by atoms with Crippen molar-refractivity contribution >= 4 is 15.9 Å². The summed E-state index contributed by atoms with van der Waals surface area (Å²) in [5.74, 6) is 1.12. The van der Waals surface area contributed by atoms with Crippen LogP contribution in [0.1, 0.15) is 36.0 Å². The number of halogens is 1. The zero-order chi connectivity index (χ0) is 12.1. The van der Waals surface area contributed by atoms with Gasteiger partial charge in [-0.1, -0.05) is 22.0 Å². The third kappa shape index (κ3) is 1.56. The third-order valence-electron chi connectivity index (χ3n) is 3.88. The summed E-state index contributed by atoms with van der Waals surface area (Å²) >= 11 is 3.53. The molecule has 0 saturated carbocycles. The van der Waals surface area contributed by atoms with Crippen molar-refractivity contribution in [1.82, 2.24) is 15.3 Å². The fraction of sp³-hybridized carbons (Fsp3) is 0.357. The summed E-state index contributed by atoms with van der Waals surface area (Å²) in [7, 11) is 0. The van der Waals surface area contributed by atoms with Crippen LogP contribution >= 0.6 is 15.9 Å². The number of imidazole rings is 1. The molecular weight excluding hydrogens is 290 g/mol. The van der Waals surface area contributed by atoms with Crippen LogP contribution in [-0.2, 0) is 6.42 Å². The van der Waals surface area contributed by atoms with Gasteiger partial charge in [0.1, 0.15) is 5.82 Å². The molecule has 4 rings (SSSR count). The molecule has 2 heterocycles. The summed E-state index contributed by atoms with van der Waals surface area (Å²) in [4.78, 5) is 8.32. The number of fused-ring (bicyclic) bond motifs is 3. The van der Waals surface area contributed by atoms with E-state index >= 15 is 0 Å². The smallest absolute Gasteiger partial charge is 0.124 e. The van der Waals surface area contributed by atoms with Gasteiger partial charge in [0.2, 0.25) is 0 Å². The van der Waals surface area contributed by atoms with E-state index in [1.165, 1.54) is 29.7 Å². The Kier molecular flexibility index (Phi) is 2.35. The first kappa shape index (κ1) is 10.8. The van der Waals surface area contributed by atoms with Crippen LogP contribution < -0.4 is 5.32 Å². The molecule has 1 aromatic heterocycles. The maximum atomic E-state index is 4.81. The first-order valence-electron chi connectivity index (χ1n) is 6.42. The van der Waals surface area contributed by atoms with Crippen LogP contribution in [-0.4, -0.2) is 16.5 Å². The molecule has 0 amide bonds. The number of hydrogen-bond donors (Lipinski definition) is 2. The number of nitrogens with zero attached hydrogens (tertiary/aromatic N) is 1. The van der Waals surface area contributed by atoms with Gasteiger partial charge in [-0.3, -0.25) is 0 Å². The Bertz CT molecular complexity index is 611. The molecule has 1 saturated heterocycles. The van der Waals surface area contributed by atoms with Crippen molar-refractivity contribution in [2.45, 2.75) is 25.3 Å². The molecule has 1 aromatic carbocycles. The number of nitrogens with one attached hydrogen (secondary N) is 2. The van der Waals surface area contributed by atoms with E-state index in [0.29, 0.717) is 6.04 Å². The van der Waals surface area contributed by atoms with Crippen molar-refractivity contribution in [3.8, 4) is 11.3 Å². The predicted octanol–water partition coefficient (Wildman–Crippen LogP) is 3.17. The van der Waals surface area contributed by atoms with Crippen LogP contribution in [0.4, 0.5) is 0 Å². The molecule has 92 valence electrons. The highest BCUT2D eigenvalue weighted by atomic mass is 79.9. The van der Waals surface area contributed by atoms with Gasteiger partial charge in [-0.15, -0.1) is 0 Å². The fourth-order valence-electron chi connectivity index (χ4n) is 2.99. The lowest BCUT2D eigenvalue weighted by Crippen LogP contribution is -2.14. The van der Waals surface area contributed by atoms with E-state index in [1.54, 1.807) is 0 Å². The van der Waals surface area contributed by atoms with Gasteiger partial charge in [0.15, 0.2) is 0 Å². The largest absolute Gasteiger partial charge is 0.344 e. The quantitative estimate of drug-likeness (QED) is 0.725. The Labute approximate surface area is 114 Å². The van der Waals surface area contributed by atoms with E-state index in [9.17, 15) is 0 Å². The third-order valence-corrected chi connectivity index (χ3v) is 4.37. The van der Waals surface area contributed by atoms with Gasteiger partial charge in [0, 0.05) is 22.2 Å². The Balaban J connectivity index is 1.76. The molecule has 2 aromatic rings. The van der Waals surface area contributed by atoms with Gasteiger partial charge < -0.3 is 10.3 Å². The molecule has 1 unspecified atom stereocenters. The number of aromatic nitrogens is 2. The highest BCUT2D eigenvalue weighted by Crippen LogP contribution is 2.37. The first-order chi connectivity index (χ1) is 8.81. The Hall–Kier alpha value is -1.13. The van der Waals surface area contributed by atoms with Crippen LogP contribution in [0.2, 0.25) is 0 Å². The van der Waals surface area contributed by atoms with E-state index in [1.807, 2.05) is 0 Å². The Morgan fingerprint density at radius 3 is 3.11 bits per heavy atom. The van der Waals surface area contributed by atoms with Crippen LogP contribution in [0.3, 0.4) is 0 Å². The molecule has 1 atom stereocenters. The summed E-state index contributed by atoms with van der Waals surface area (Å²) in [6.07, 6.45) is 3.42. The van der Waals surface area contributed by atoms with Gasteiger partial charge in [-0.2, -0.15) is 0 Å². The number of benzene rings is 1. The van der Waals surface area contributed by atoms with E-state index in [-0.39, 0.29) is 0 Å². The average molecular weight is 304 g/mol. The molecule has 4 heteroatoms. The van der Waals surface area contributed by atoms with E-state index in [2.05, 4.69) is 44.4 Å². The summed E-state index contributed by atoms with van der Waals surface area (Å²) in [6, 6.07) is 6.88. The molecule has 3 nitrogen and oxygen atoms in total. The molecule has 2 N–H and O–H groups in total. The lowest BCUT2D eigenvalue weighted by Gasteiger charge is -2.06. The molecule has 2 aliphatic rings. The summed E-state index contributed by atoms with van der Waals surface area (Å²) < 4.78 is 1.14. The highest BCUT2D eigenvalue weighted by molar-refractivity contribution is 9.10. The lowest BCUT2D eigenvalue weighted by molar-refractivity contribution is 0.611. The van der Waals surface area contributed by atoms with Crippen LogP contribution in [0.15, 0.2) is 22.7 Å². The minimum Gasteiger partial charge on any atom is -0.344 e. The van der Waals surface area contributed by atoms with Gasteiger partial charge in [0.25, 0.3) is 0 Å². The van der Waals surface area contributed by atoms with E-state index in [4.69, 9.17) is 4.98 Å². The zero-order valence-electron chi connectivity index (χ0n) is 9.96. The zero-order valence-corrected chi connectivity index (χ0v) is 11.5. The predicted molar refractivity (Wildman–Crippen MR) is 74.5 cm³/mol. The molecule has 1 aliphatic heterocycles. The summed E-state index contributed by atoms with van der Waals surface area (Å²) in [5, 5.41) is 3.49. The van der Waals surface area contributed by atoms with Crippen LogP contribution in [0, 0.1) is 0 Å². The van der Waals surface area contributed by atoms with Gasteiger partial charge in [-0.25, -0.2) is 4.98 Å². The van der Waals surface area contributed by atoms with Crippen molar-refractivity contribution < 1.29 is 0 Å². The minimum atomic E-state index is 0.425. The highest BCUT2D eigenvalue weighted by Gasteiger charge is 2.26. The first-order valence-corrected chi connectivity index (χ1v) is 7.21. The van der Waals surface area contributed by atoms with Gasteiger partial charge in [0.05, 0.1) is 11.7 Å². The van der Waals surface area contributed by atoms with E-state index in [0.717, 1.165) is 29.0 Å². The molecular formula is C14H14BrN3. The van der Waals surface area contributed by atoms with Crippen molar-refractivity contribution in [2.75, 3.05) is 6.54 Å². The molecule has 1 fully saturated rings. The van der Waals surface area contributed by atoms with Crippen molar-refractivity contribution in [1.29, 1.82) is 0 Å². The summed E-state index contributed by atoms with van der Waals surface area (Å²) in [5.41, 5.74) is 5.07. The maximum absolute atomic E-state index is 4.81. The summed E-state index contributed by atoms with van der Waals surface area (Å²) in [6.45, 7) is 1.11. The topological polar surface area (TPSA) is 40.7 Å². The van der Waals surface area contributed by atoms with Crippen molar-refractivity contribution in [2.24, 2.45) is 0 Å². The Morgan fingerprint density at radius 2 is 2.28 bits per heavy atom. The normalized spacial score (nSPS) is 21.1. The lowest BCUT2D eigenvalue weighted by atomic mass is 10.1. The molecule has 18 heavy (non-hydrogen) atoms. The second-order valence-electron chi connectivity index (χ2n) is 5.08. The standard InChI is InChI=1S/C14H14BrN3/c15-9-3-4-10-8(6-9)7-12-13(10)18-14(17-12)11-2-1-5-16-11/h3-4,6,11,16H,1-2,5,7H2,(H,17,18).